The maximum Gasteiger partial charge on any atom is 0.303 e. The van der Waals surface area contributed by atoms with Crippen molar-refractivity contribution in [3.05, 3.63) is 0 Å². The minimum absolute atomic E-state index is 0.130. The number of aliphatic carboxylic acids is 2. The highest BCUT2D eigenvalue weighted by Gasteiger charge is 2.62. The topological polar surface area (TPSA) is 74.6 Å². The first kappa shape index (κ1) is 12.9. The van der Waals surface area contributed by atoms with Gasteiger partial charge in [-0.05, 0) is 60.7 Å². The van der Waals surface area contributed by atoms with Crippen LogP contribution in [0.5, 0.6) is 0 Å². The second kappa shape index (κ2) is 3.74. The summed E-state index contributed by atoms with van der Waals surface area (Å²) in [6.45, 7) is 2.24. The zero-order valence-electron chi connectivity index (χ0n) is 11.4. The molecule has 0 unspecified atom stereocenters. The molecule has 4 aliphatic rings. The number of carboxylic acid groups (broad SMARTS) is 2. The van der Waals surface area contributed by atoms with Crippen LogP contribution in [0.2, 0.25) is 0 Å². The molecule has 0 amide bonds. The summed E-state index contributed by atoms with van der Waals surface area (Å²) < 4.78 is 0. The van der Waals surface area contributed by atoms with Gasteiger partial charge < -0.3 is 10.2 Å². The van der Waals surface area contributed by atoms with Gasteiger partial charge in [-0.1, -0.05) is 6.92 Å². The van der Waals surface area contributed by atoms with E-state index in [0.717, 1.165) is 38.5 Å². The van der Waals surface area contributed by atoms with Gasteiger partial charge in [0.1, 0.15) is 0 Å². The van der Waals surface area contributed by atoms with E-state index in [0.29, 0.717) is 5.92 Å². The van der Waals surface area contributed by atoms with Crippen molar-refractivity contribution in [1.82, 2.24) is 0 Å². The summed E-state index contributed by atoms with van der Waals surface area (Å²) in [6.07, 6.45) is 6.36. The minimum Gasteiger partial charge on any atom is -0.481 e. The van der Waals surface area contributed by atoms with Crippen LogP contribution in [-0.2, 0) is 9.59 Å². The third kappa shape index (κ3) is 2.15. The molecular weight excluding hydrogens is 244 g/mol. The molecule has 4 heteroatoms. The average molecular weight is 266 g/mol. The molecule has 4 saturated carbocycles. The minimum atomic E-state index is -0.726. The molecule has 4 nitrogen and oxygen atoms in total. The number of hydrogen-bond donors (Lipinski definition) is 2. The summed E-state index contributed by atoms with van der Waals surface area (Å²) in [5.74, 6) is -0.910. The molecule has 4 aliphatic carbocycles. The Morgan fingerprint density at radius 2 is 1.42 bits per heavy atom. The van der Waals surface area contributed by atoms with Gasteiger partial charge in [-0.25, -0.2) is 0 Å². The van der Waals surface area contributed by atoms with E-state index in [1.807, 2.05) is 0 Å². The van der Waals surface area contributed by atoms with E-state index >= 15 is 0 Å². The molecule has 0 aromatic rings. The van der Waals surface area contributed by atoms with E-state index in [1.165, 1.54) is 0 Å². The van der Waals surface area contributed by atoms with Gasteiger partial charge in [0.15, 0.2) is 0 Å². The molecule has 4 rings (SSSR count). The summed E-state index contributed by atoms with van der Waals surface area (Å²) in [7, 11) is 0. The van der Waals surface area contributed by atoms with Crippen LogP contribution in [0.25, 0.3) is 0 Å². The lowest BCUT2D eigenvalue weighted by atomic mass is 9.39. The van der Waals surface area contributed by atoms with Crippen molar-refractivity contribution in [2.45, 2.75) is 58.3 Å². The zero-order valence-corrected chi connectivity index (χ0v) is 11.4. The number of carboxylic acids is 2. The van der Waals surface area contributed by atoms with Gasteiger partial charge in [-0.15, -0.1) is 0 Å². The van der Waals surface area contributed by atoms with Gasteiger partial charge in [0.2, 0.25) is 0 Å². The smallest absolute Gasteiger partial charge is 0.303 e. The van der Waals surface area contributed by atoms with Crippen LogP contribution in [0.3, 0.4) is 0 Å². The molecular formula is C15H22O4. The molecule has 0 radical (unpaired) electrons. The molecule has 0 aromatic carbocycles. The van der Waals surface area contributed by atoms with Crippen molar-refractivity contribution < 1.29 is 19.8 Å². The zero-order chi connectivity index (χ0) is 13.9. The van der Waals surface area contributed by atoms with Crippen LogP contribution < -0.4 is 0 Å². The molecule has 0 saturated heterocycles. The Balaban J connectivity index is 1.94. The Morgan fingerprint density at radius 1 is 0.947 bits per heavy atom. The van der Waals surface area contributed by atoms with Crippen molar-refractivity contribution in [2.24, 2.45) is 22.2 Å². The largest absolute Gasteiger partial charge is 0.481 e. The number of rotatable bonds is 4. The van der Waals surface area contributed by atoms with E-state index in [1.54, 1.807) is 0 Å². The molecule has 2 N–H and O–H groups in total. The third-order valence-corrected chi connectivity index (χ3v) is 5.63. The molecule has 2 atom stereocenters. The Labute approximate surface area is 113 Å². The second-order valence-electron chi connectivity index (χ2n) is 7.96. The normalized spacial score (nSPS) is 47.3. The van der Waals surface area contributed by atoms with E-state index in [4.69, 9.17) is 0 Å². The van der Waals surface area contributed by atoms with Crippen molar-refractivity contribution in [3.8, 4) is 0 Å². The van der Waals surface area contributed by atoms with Crippen molar-refractivity contribution >= 4 is 11.9 Å². The van der Waals surface area contributed by atoms with Crippen molar-refractivity contribution in [2.75, 3.05) is 0 Å². The SMILES string of the molecule is CC12CC3C[C@@](CC(=O)O)(C1)C[C@@](CC(=O)O)(C3)C2. The van der Waals surface area contributed by atoms with Crippen molar-refractivity contribution in [3.63, 3.8) is 0 Å². The lowest BCUT2D eigenvalue weighted by Gasteiger charge is -2.65. The van der Waals surface area contributed by atoms with Gasteiger partial charge in [0.25, 0.3) is 0 Å². The summed E-state index contributed by atoms with van der Waals surface area (Å²) in [4.78, 5) is 22.4. The van der Waals surface area contributed by atoms with E-state index in [9.17, 15) is 19.8 Å². The average Bonchev–Trinajstić information content (AvgIpc) is 2.06. The lowest BCUT2D eigenvalue weighted by molar-refractivity contribution is -0.176. The molecule has 0 spiro atoms. The molecule has 19 heavy (non-hydrogen) atoms. The van der Waals surface area contributed by atoms with Crippen LogP contribution in [0.1, 0.15) is 58.3 Å². The molecule has 106 valence electrons. The highest BCUT2D eigenvalue weighted by atomic mass is 16.4. The standard InChI is InChI=1S/C15H22O4/c1-13-2-10-3-14(7-13,5-11(16)17)9-15(4-10,8-13)6-12(18)19/h10H,2-9H2,1H3,(H,16,17)(H,18,19)/t10?,13?,14-,15-/m1/s1. The van der Waals surface area contributed by atoms with Crippen LogP contribution in [-0.4, -0.2) is 22.2 Å². The quantitative estimate of drug-likeness (QED) is 0.820. The van der Waals surface area contributed by atoms with Crippen LogP contribution in [0, 0.1) is 22.2 Å². The fourth-order valence-electron chi connectivity index (χ4n) is 6.40. The lowest BCUT2D eigenvalue weighted by Crippen LogP contribution is -2.56. The van der Waals surface area contributed by atoms with Gasteiger partial charge in [-0.3, -0.25) is 9.59 Å². The van der Waals surface area contributed by atoms with Gasteiger partial charge in [0, 0.05) is 0 Å². The number of hydrogen-bond acceptors (Lipinski definition) is 2. The highest BCUT2D eigenvalue weighted by Crippen LogP contribution is 2.71. The van der Waals surface area contributed by atoms with Gasteiger partial charge >= 0.3 is 11.9 Å². The molecule has 0 aliphatic heterocycles. The Hall–Kier alpha value is -1.06. The van der Waals surface area contributed by atoms with Gasteiger partial charge in [-0.2, -0.15) is 0 Å². The Morgan fingerprint density at radius 3 is 1.79 bits per heavy atom. The summed E-state index contributed by atoms with van der Waals surface area (Å²) in [5, 5.41) is 18.4. The summed E-state index contributed by atoms with van der Waals surface area (Å²) in [5.41, 5.74) is -0.0881. The summed E-state index contributed by atoms with van der Waals surface area (Å²) in [6, 6.07) is 0. The first-order valence-corrected chi connectivity index (χ1v) is 7.18. The van der Waals surface area contributed by atoms with Crippen LogP contribution >= 0.6 is 0 Å². The first-order chi connectivity index (χ1) is 8.74. The van der Waals surface area contributed by atoms with Crippen molar-refractivity contribution in [1.29, 1.82) is 0 Å². The molecule has 4 bridgehead atoms. The molecule has 0 heterocycles. The predicted molar refractivity (Wildman–Crippen MR) is 68.7 cm³/mol. The first-order valence-electron chi connectivity index (χ1n) is 7.18. The van der Waals surface area contributed by atoms with E-state index in [2.05, 4.69) is 6.92 Å². The maximum absolute atomic E-state index is 11.2. The molecule has 0 aromatic heterocycles. The number of carbonyl (C=O) groups is 2. The Bertz CT molecular complexity index is 409. The van der Waals surface area contributed by atoms with Crippen LogP contribution in [0.4, 0.5) is 0 Å². The monoisotopic (exact) mass is 266 g/mol. The van der Waals surface area contributed by atoms with E-state index < -0.39 is 11.9 Å². The molecule has 4 fully saturated rings. The summed E-state index contributed by atoms with van der Waals surface area (Å²) >= 11 is 0. The van der Waals surface area contributed by atoms with Crippen LogP contribution in [0.15, 0.2) is 0 Å². The van der Waals surface area contributed by atoms with E-state index in [-0.39, 0.29) is 29.1 Å². The third-order valence-electron chi connectivity index (χ3n) is 5.63. The Kier molecular flexibility index (Phi) is 2.55. The highest BCUT2D eigenvalue weighted by molar-refractivity contribution is 5.69. The fraction of sp³-hybridized carbons (Fsp3) is 0.867. The predicted octanol–water partition coefficient (Wildman–Crippen LogP) is 2.91. The fourth-order valence-corrected chi connectivity index (χ4v) is 6.40. The van der Waals surface area contributed by atoms with Gasteiger partial charge in [0.05, 0.1) is 12.8 Å². The maximum atomic E-state index is 11.2. The second-order valence-corrected chi connectivity index (χ2v) is 7.96.